The summed E-state index contributed by atoms with van der Waals surface area (Å²) in [5, 5.41) is 16.4. The molecule has 0 unspecified atom stereocenters. The summed E-state index contributed by atoms with van der Waals surface area (Å²) in [6.45, 7) is 0. The van der Waals surface area contributed by atoms with E-state index in [9.17, 15) is 19.2 Å². The molecule has 8 heteroatoms. The smallest absolute Gasteiger partial charge is 0.317 e. The third kappa shape index (κ3) is 3.05. The Morgan fingerprint density at radius 3 is 2.05 bits per heavy atom. The van der Waals surface area contributed by atoms with Crippen LogP contribution in [0.2, 0.25) is 0 Å². The van der Waals surface area contributed by atoms with Gasteiger partial charge < -0.3 is 10.2 Å². The quantitative estimate of drug-likeness (QED) is 0.751. The third-order valence-electron chi connectivity index (χ3n) is 2.92. The van der Waals surface area contributed by atoms with E-state index in [0.29, 0.717) is 0 Å². The van der Waals surface area contributed by atoms with Crippen molar-refractivity contribution in [1.82, 2.24) is 4.90 Å². The normalized spacial score (nSPS) is 15.0. The lowest BCUT2D eigenvalue weighted by atomic mass is 10.1. The summed E-state index contributed by atoms with van der Waals surface area (Å²) in [5.41, 5.74) is 0.543. The molecule has 110 valence electrons. The van der Waals surface area contributed by atoms with Crippen LogP contribution in [-0.2, 0) is 9.59 Å². The maximum Gasteiger partial charge on any atom is 0.317 e. The molecule has 21 heavy (non-hydrogen) atoms. The number of nitrogens with zero attached hydrogens (tertiary/aromatic N) is 1. The lowest BCUT2D eigenvalue weighted by Gasteiger charge is -2.16. The number of rotatable bonds is 6. The van der Waals surface area contributed by atoms with Crippen molar-refractivity contribution in [2.24, 2.45) is 0 Å². The fourth-order valence-corrected chi connectivity index (χ4v) is 2.86. The summed E-state index contributed by atoms with van der Waals surface area (Å²) < 4.78 is 0. The van der Waals surface area contributed by atoms with Crippen LogP contribution in [0.3, 0.4) is 0 Å². The Hall–Kier alpha value is -2.35. The molecule has 2 amide bonds. The Morgan fingerprint density at radius 2 is 1.62 bits per heavy atom. The van der Waals surface area contributed by atoms with Gasteiger partial charge in [-0.25, -0.2) is 0 Å². The Kier molecular flexibility index (Phi) is 4.27. The molecule has 2 rings (SSSR count). The highest BCUT2D eigenvalue weighted by atomic mass is 32.2. The molecule has 2 N–H and O–H groups in total. The first-order valence-electron chi connectivity index (χ1n) is 5.93. The van der Waals surface area contributed by atoms with Gasteiger partial charge in [0.05, 0.1) is 23.4 Å². The summed E-state index contributed by atoms with van der Waals surface area (Å²) in [7, 11) is 0. The summed E-state index contributed by atoms with van der Waals surface area (Å²) in [6, 6.07) is 6.30. The van der Waals surface area contributed by atoms with E-state index < -0.39 is 35.4 Å². The van der Waals surface area contributed by atoms with E-state index in [1.807, 2.05) is 0 Å². The minimum atomic E-state index is -1.29. The van der Waals surface area contributed by atoms with Gasteiger partial charge in [-0.3, -0.25) is 24.1 Å². The van der Waals surface area contributed by atoms with E-state index in [2.05, 4.69) is 0 Å². The van der Waals surface area contributed by atoms with Crippen molar-refractivity contribution in [3.8, 4) is 0 Å². The summed E-state index contributed by atoms with van der Waals surface area (Å²) in [5.74, 6) is -3.74. The van der Waals surface area contributed by atoms with Crippen LogP contribution in [0.5, 0.6) is 0 Å². The highest BCUT2D eigenvalue weighted by Gasteiger charge is 2.36. The number of carboxylic acid groups (broad SMARTS) is 2. The first-order chi connectivity index (χ1) is 9.91. The molecular weight excluding hydrogens is 298 g/mol. The van der Waals surface area contributed by atoms with Gasteiger partial charge in [0.2, 0.25) is 0 Å². The first kappa shape index (κ1) is 15.0. The summed E-state index contributed by atoms with van der Waals surface area (Å²) in [6.07, 6.45) is -0.580. The molecular formula is C13H11NO6S. The topological polar surface area (TPSA) is 112 Å². The van der Waals surface area contributed by atoms with E-state index in [1.165, 1.54) is 12.1 Å². The third-order valence-corrected chi connectivity index (χ3v) is 4.10. The molecule has 7 nitrogen and oxygen atoms in total. The molecule has 1 aliphatic heterocycles. The van der Waals surface area contributed by atoms with Crippen molar-refractivity contribution in [2.75, 3.05) is 5.88 Å². The molecule has 1 aromatic carbocycles. The van der Waals surface area contributed by atoms with Crippen molar-refractivity contribution in [3.63, 3.8) is 0 Å². The van der Waals surface area contributed by atoms with E-state index in [-0.39, 0.29) is 17.0 Å². The maximum absolute atomic E-state index is 12.0. The fraction of sp³-hybridized carbons (Fsp3) is 0.231. The average molecular weight is 309 g/mol. The van der Waals surface area contributed by atoms with Gasteiger partial charge in [0.25, 0.3) is 11.8 Å². The zero-order valence-corrected chi connectivity index (χ0v) is 11.5. The minimum absolute atomic E-state index is 0.198. The number of thioether (sulfide) groups is 1. The largest absolute Gasteiger partial charge is 0.481 e. The summed E-state index contributed by atoms with van der Waals surface area (Å²) in [4.78, 5) is 46.5. The Morgan fingerprint density at radius 1 is 1.10 bits per heavy atom. The van der Waals surface area contributed by atoms with Crippen LogP contribution in [-0.4, -0.2) is 50.0 Å². The Labute approximate surface area is 123 Å². The van der Waals surface area contributed by atoms with Gasteiger partial charge in [0.15, 0.2) is 0 Å². The first-order valence-corrected chi connectivity index (χ1v) is 6.98. The Bertz CT molecular complexity index is 594. The van der Waals surface area contributed by atoms with Gasteiger partial charge in [0, 0.05) is 0 Å². The predicted molar refractivity (Wildman–Crippen MR) is 73.1 cm³/mol. The number of amides is 2. The second-order valence-corrected chi connectivity index (χ2v) is 5.46. The number of hydrogen-bond acceptors (Lipinski definition) is 5. The number of carbonyl (C=O) groups is 4. The maximum atomic E-state index is 12.0. The molecule has 0 aliphatic carbocycles. The number of aliphatic carboxylic acids is 2. The van der Waals surface area contributed by atoms with Crippen LogP contribution in [0.25, 0.3) is 0 Å². The van der Waals surface area contributed by atoms with Crippen LogP contribution < -0.4 is 0 Å². The molecule has 0 saturated carbocycles. The van der Waals surface area contributed by atoms with Gasteiger partial charge in [0.1, 0.15) is 5.25 Å². The number of fused-ring (bicyclic) bond motifs is 1. The molecule has 0 fully saturated rings. The number of hydrogen-bond donors (Lipinski definition) is 2. The van der Waals surface area contributed by atoms with Gasteiger partial charge in [-0.1, -0.05) is 12.1 Å². The molecule has 1 atom stereocenters. The highest BCUT2D eigenvalue weighted by Crippen LogP contribution is 2.26. The molecule has 0 radical (unpaired) electrons. The SMILES string of the molecule is O=C(O)C[C@@H](SCN1C(=O)c2ccccc2C1=O)C(=O)O. The van der Waals surface area contributed by atoms with Crippen LogP contribution in [0.4, 0.5) is 0 Å². The summed E-state index contributed by atoms with van der Waals surface area (Å²) >= 11 is 0.737. The number of carboxylic acids is 2. The Balaban J connectivity index is 2.08. The predicted octanol–water partition coefficient (Wildman–Crippen LogP) is 0.901. The number of benzene rings is 1. The number of imide groups is 1. The molecule has 0 bridgehead atoms. The van der Waals surface area contributed by atoms with Gasteiger partial charge in [-0.05, 0) is 12.1 Å². The van der Waals surface area contributed by atoms with Gasteiger partial charge in [-0.15, -0.1) is 11.8 Å². The molecule has 0 saturated heterocycles. The lowest BCUT2D eigenvalue weighted by molar-refractivity contribution is -0.142. The van der Waals surface area contributed by atoms with Crippen LogP contribution in [0.15, 0.2) is 24.3 Å². The number of carbonyl (C=O) groups excluding carboxylic acids is 2. The minimum Gasteiger partial charge on any atom is -0.481 e. The van der Waals surface area contributed by atoms with Gasteiger partial charge >= 0.3 is 11.9 Å². The van der Waals surface area contributed by atoms with Crippen LogP contribution in [0, 0.1) is 0 Å². The molecule has 0 spiro atoms. The molecule has 1 aromatic rings. The van der Waals surface area contributed by atoms with Crippen LogP contribution in [0.1, 0.15) is 27.1 Å². The molecule has 0 aromatic heterocycles. The van der Waals surface area contributed by atoms with Crippen molar-refractivity contribution < 1.29 is 29.4 Å². The van der Waals surface area contributed by atoms with E-state index in [0.717, 1.165) is 16.7 Å². The second kappa shape index (κ2) is 5.96. The van der Waals surface area contributed by atoms with Crippen molar-refractivity contribution in [1.29, 1.82) is 0 Å². The average Bonchev–Trinajstić information content (AvgIpc) is 2.67. The van der Waals surface area contributed by atoms with Gasteiger partial charge in [-0.2, -0.15) is 0 Å². The standard InChI is InChI=1S/C13H11NO6S/c15-10(16)5-9(13(19)20)21-6-14-11(17)7-3-1-2-4-8(7)12(14)18/h1-4,9H,5-6H2,(H,15,16)(H,19,20)/t9-/m1/s1. The van der Waals surface area contributed by atoms with E-state index in [4.69, 9.17) is 10.2 Å². The lowest BCUT2D eigenvalue weighted by Crippen LogP contribution is -2.32. The highest BCUT2D eigenvalue weighted by molar-refractivity contribution is 8.00. The second-order valence-electron chi connectivity index (χ2n) is 4.30. The van der Waals surface area contributed by atoms with Crippen molar-refractivity contribution >= 4 is 35.5 Å². The monoisotopic (exact) mass is 309 g/mol. The van der Waals surface area contributed by atoms with E-state index in [1.54, 1.807) is 12.1 Å². The molecule has 1 aliphatic rings. The van der Waals surface area contributed by atoms with Crippen molar-refractivity contribution in [2.45, 2.75) is 11.7 Å². The fourth-order valence-electron chi connectivity index (χ4n) is 1.90. The van der Waals surface area contributed by atoms with Crippen LogP contribution >= 0.6 is 11.8 Å². The van der Waals surface area contributed by atoms with Crippen molar-refractivity contribution in [3.05, 3.63) is 35.4 Å². The zero-order chi connectivity index (χ0) is 15.6. The molecule has 1 heterocycles. The van der Waals surface area contributed by atoms with E-state index >= 15 is 0 Å². The zero-order valence-electron chi connectivity index (χ0n) is 10.7.